The lowest BCUT2D eigenvalue weighted by molar-refractivity contribution is -0.121. The molecule has 0 bridgehead atoms. The minimum Gasteiger partial charge on any atom is -0.445 e. The van der Waals surface area contributed by atoms with Gasteiger partial charge in [-0.05, 0) is 35.8 Å². The average molecular weight is 591 g/mol. The van der Waals surface area contributed by atoms with E-state index in [0.717, 1.165) is 29.9 Å². The number of rotatable bonds is 11. The molecule has 0 aliphatic heterocycles. The number of hydrogen-bond donors (Lipinski definition) is 4. The first-order valence-electron chi connectivity index (χ1n) is 14.7. The summed E-state index contributed by atoms with van der Waals surface area (Å²) in [4.78, 5) is 43.9. The van der Waals surface area contributed by atoms with E-state index in [1.807, 2.05) is 48.6 Å². The van der Waals surface area contributed by atoms with E-state index in [1.165, 1.54) is 19.3 Å². The molecule has 10 nitrogen and oxygen atoms in total. The van der Waals surface area contributed by atoms with Crippen LogP contribution in [0.25, 0.3) is 0 Å². The fraction of sp³-hybridized carbons (Fsp3) is 0.562. The lowest BCUT2D eigenvalue weighted by atomic mass is 10.0. The fourth-order valence-electron chi connectivity index (χ4n) is 3.17. The van der Waals surface area contributed by atoms with Crippen molar-refractivity contribution >= 4 is 24.0 Å². The molecule has 0 saturated carbocycles. The molecule has 0 spiro atoms. The molecule has 1 aliphatic carbocycles. The summed E-state index contributed by atoms with van der Waals surface area (Å²) in [6.07, 6.45) is 10.6. The molecule has 1 unspecified atom stereocenters. The lowest BCUT2D eigenvalue weighted by Gasteiger charge is -2.18. The highest BCUT2D eigenvalue weighted by Gasteiger charge is 2.22. The van der Waals surface area contributed by atoms with Gasteiger partial charge in [0.2, 0.25) is 11.8 Å². The summed E-state index contributed by atoms with van der Waals surface area (Å²) < 4.78 is 9.86. The fourth-order valence-corrected chi connectivity index (χ4v) is 3.17. The maximum absolute atomic E-state index is 11.5. The SMILES string of the molecule is CC(C)C(NC(=O)OCc1ccccc1)C(N)=O.CCC.CCCC(C)C.NC(=O)CNC(=O)OCC1=CCCC=C1. The number of amides is 4. The monoisotopic (exact) mass is 590 g/mol. The van der Waals surface area contributed by atoms with E-state index in [9.17, 15) is 19.2 Å². The normalized spacial score (nSPS) is 12.1. The molecule has 0 radical (unpaired) electrons. The standard InChI is InChI=1S/C13H18N2O3.C10H14N2O3.C6H14.C3H8/c1-9(2)11(12(14)16)15-13(17)18-8-10-6-4-3-5-7-10;11-9(13)6-12-10(14)15-7-8-4-2-1-3-5-8;1-4-5-6(2)3;1-3-2/h3-7,9,11H,8H2,1-2H3,(H2,14,16)(H,15,17);2,4-5H,1,3,6-7H2,(H2,11,13)(H,12,14);6H,4-5H2,1-3H3;3H2,1-2H3. The van der Waals surface area contributed by atoms with E-state index < -0.39 is 30.0 Å². The summed E-state index contributed by atoms with van der Waals surface area (Å²) in [5, 5.41) is 4.69. The van der Waals surface area contributed by atoms with Crippen molar-refractivity contribution in [3.8, 4) is 0 Å². The topological polar surface area (TPSA) is 163 Å². The molecule has 4 amide bonds. The Hall–Kier alpha value is -3.82. The zero-order valence-corrected chi connectivity index (χ0v) is 26.6. The predicted octanol–water partition coefficient (Wildman–Crippen LogP) is 5.76. The average Bonchev–Trinajstić information content (AvgIpc) is 2.94. The Morgan fingerprint density at radius 3 is 1.90 bits per heavy atom. The number of nitrogens with one attached hydrogen (secondary N) is 2. The molecule has 0 heterocycles. The van der Waals surface area contributed by atoms with Gasteiger partial charge in [0, 0.05) is 0 Å². The molecular formula is C32H54N4O6. The van der Waals surface area contributed by atoms with Crippen molar-refractivity contribution in [2.24, 2.45) is 23.3 Å². The molecule has 1 aromatic rings. The van der Waals surface area contributed by atoms with Gasteiger partial charge in [-0.25, -0.2) is 9.59 Å². The Bertz CT molecular complexity index is 946. The Morgan fingerprint density at radius 2 is 1.48 bits per heavy atom. The van der Waals surface area contributed by atoms with Crippen molar-refractivity contribution < 1.29 is 28.7 Å². The molecule has 0 saturated heterocycles. The summed E-state index contributed by atoms with van der Waals surface area (Å²) in [6.45, 7) is 14.8. The quantitative estimate of drug-likeness (QED) is 0.256. The molecule has 10 heteroatoms. The number of allylic oxidation sites excluding steroid dienone is 2. The van der Waals surface area contributed by atoms with Crippen molar-refractivity contribution in [3.63, 3.8) is 0 Å². The Kier molecular flexibility index (Phi) is 25.1. The second-order valence-corrected chi connectivity index (χ2v) is 10.4. The van der Waals surface area contributed by atoms with E-state index in [1.54, 1.807) is 13.8 Å². The summed E-state index contributed by atoms with van der Waals surface area (Å²) in [7, 11) is 0. The van der Waals surface area contributed by atoms with Crippen LogP contribution in [0.4, 0.5) is 9.59 Å². The largest absolute Gasteiger partial charge is 0.445 e. The van der Waals surface area contributed by atoms with Crippen LogP contribution in [0.15, 0.2) is 54.1 Å². The Labute approximate surface area is 252 Å². The maximum atomic E-state index is 11.5. The number of alkyl carbamates (subject to hydrolysis) is 2. The van der Waals surface area contributed by atoms with Gasteiger partial charge in [0.1, 0.15) is 19.3 Å². The molecule has 1 aliphatic rings. The third-order valence-corrected chi connectivity index (χ3v) is 5.17. The summed E-state index contributed by atoms with van der Waals surface area (Å²) >= 11 is 0. The van der Waals surface area contributed by atoms with Crippen LogP contribution in [-0.4, -0.2) is 43.2 Å². The first-order valence-corrected chi connectivity index (χ1v) is 14.7. The van der Waals surface area contributed by atoms with Gasteiger partial charge >= 0.3 is 12.2 Å². The number of benzene rings is 1. The molecule has 2 rings (SSSR count). The van der Waals surface area contributed by atoms with Crippen LogP contribution in [-0.2, 0) is 25.7 Å². The Morgan fingerprint density at radius 1 is 0.881 bits per heavy atom. The zero-order chi connectivity index (χ0) is 32.3. The number of carbonyl (C=O) groups is 4. The lowest BCUT2D eigenvalue weighted by Crippen LogP contribution is -2.47. The van der Waals surface area contributed by atoms with Crippen LogP contribution in [0, 0.1) is 11.8 Å². The van der Waals surface area contributed by atoms with Crippen LogP contribution in [0.5, 0.6) is 0 Å². The smallest absolute Gasteiger partial charge is 0.408 e. The third kappa shape index (κ3) is 25.2. The highest BCUT2D eigenvalue weighted by atomic mass is 16.6. The summed E-state index contributed by atoms with van der Waals surface area (Å²) in [5.41, 5.74) is 11.9. The van der Waals surface area contributed by atoms with Crippen molar-refractivity contribution in [3.05, 3.63) is 59.7 Å². The van der Waals surface area contributed by atoms with Crippen molar-refractivity contribution in [2.45, 2.75) is 93.2 Å². The highest BCUT2D eigenvalue weighted by molar-refractivity contribution is 5.84. The van der Waals surface area contributed by atoms with Gasteiger partial charge in [0.15, 0.2) is 0 Å². The molecule has 0 aromatic heterocycles. The molecule has 1 aromatic carbocycles. The van der Waals surface area contributed by atoms with E-state index in [0.29, 0.717) is 0 Å². The van der Waals surface area contributed by atoms with E-state index in [-0.39, 0.29) is 25.7 Å². The third-order valence-electron chi connectivity index (χ3n) is 5.17. The Balaban J connectivity index is 0. The van der Waals surface area contributed by atoms with E-state index in [2.05, 4.69) is 45.3 Å². The van der Waals surface area contributed by atoms with Gasteiger partial charge in [-0.3, -0.25) is 9.59 Å². The van der Waals surface area contributed by atoms with Crippen molar-refractivity contribution in [1.82, 2.24) is 10.6 Å². The van der Waals surface area contributed by atoms with Gasteiger partial charge in [-0.2, -0.15) is 0 Å². The van der Waals surface area contributed by atoms with Crippen LogP contribution in [0.2, 0.25) is 0 Å². The first kappa shape index (κ1) is 40.3. The zero-order valence-electron chi connectivity index (χ0n) is 26.6. The summed E-state index contributed by atoms with van der Waals surface area (Å²) in [5.74, 6) is -0.341. The minimum atomic E-state index is -0.715. The predicted molar refractivity (Wildman–Crippen MR) is 168 cm³/mol. The molecule has 0 fully saturated rings. The first-order chi connectivity index (χ1) is 19.9. The molecule has 1 atom stereocenters. The van der Waals surface area contributed by atoms with Gasteiger partial charge in [0.05, 0.1) is 6.54 Å². The van der Waals surface area contributed by atoms with Gasteiger partial charge in [0.25, 0.3) is 0 Å². The number of ether oxygens (including phenoxy) is 2. The van der Waals surface area contributed by atoms with Crippen LogP contribution < -0.4 is 22.1 Å². The van der Waals surface area contributed by atoms with E-state index >= 15 is 0 Å². The number of carbonyl (C=O) groups excluding carboxylic acids is 4. The van der Waals surface area contributed by atoms with Crippen molar-refractivity contribution in [2.75, 3.05) is 13.2 Å². The van der Waals surface area contributed by atoms with Crippen LogP contribution in [0.3, 0.4) is 0 Å². The minimum absolute atomic E-state index is 0.0771. The maximum Gasteiger partial charge on any atom is 0.408 e. The summed E-state index contributed by atoms with van der Waals surface area (Å²) in [6, 6.07) is 8.58. The number of hydrogen-bond acceptors (Lipinski definition) is 6. The van der Waals surface area contributed by atoms with Gasteiger partial charge in [-0.15, -0.1) is 0 Å². The van der Waals surface area contributed by atoms with Gasteiger partial charge < -0.3 is 31.6 Å². The molecule has 238 valence electrons. The van der Waals surface area contributed by atoms with Crippen LogP contribution >= 0.6 is 0 Å². The molecular weight excluding hydrogens is 536 g/mol. The van der Waals surface area contributed by atoms with Crippen molar-refractivity contribution in [1.29, 1.82) is 0 Å². The second-order valence-electron chi connectivity index (χ2n) is 10.4. The highest BCUT2D eigenvalue weighted by Crippen LogP contribution is 2.09. The number of nitrogens with two attached hydrogens (primary N) is 2. The van der Waals surface area contributed by atoms with Crippen LogP contribution in [0.1, 0.15) is 86.1 Å². The second kappa shape index (κ2) is 26.1. The number of primary amides is 2. The van der Waals surface area contributed by atoms with E-state index in [4.69, 9.17) is 20.9 Å². The molecule has 6 N–H and O–H groups in total. The molecule has 42 heavy (non-hydrogen) atoms. The van der Waals surface area contributed by atoms with Gasteiger partial charge in [-0.1, -0.05) is 116 Å².